The molecule has 3 N–H and O–H groups in total. The molecule has 0 saturated heterocycles. The molecule has 0 spiro atoms. The van der Waals surface area contributed by atoms with Gasteiger partial charge in [-0.1, -0.05) is 11.6 Å². The minimum atomic E-state index is -0.772. The Hall–Kier alpha value is -1.66. The maximum absolute atomic E-state index is 13.6. The van der Waals surface area contributed by atoms with Crippen LogP contribution in [0.2, 0.25) is 5.02 Å². The summed E-state index contributed by atoms with van der Waals surface area (Å²) in [5, 5.41) is 2.41. The molecule has 2 rings (SSSR count). The molecule has 3 nitrogen and oxygen atoms in total. The van der Waals surface area contributed by atoms with Crippen LogP contribution in [0.4, 0.5) is 20.2 Å². The number of anilines is 2. The molecule has 20 heavy (non-hydrogen) atoms. The lowest BCUT2D eigenvalue weighted by Crippen LogP contribution is -2.14. The van der Waals surface area contributed by atoms with Crippen LogP contribution in [0.25, 0.3) is 0 Å². The summed E-state index contributed by atoms with van der Waals surface area (Å²) >= 11 is 8.71. The molecule has 0 aliphatic carbocycles. The van der Waals surface area contributed by atoms with E-state index >= 15 is 0 Å². The Morgan fingerprint density at radius 1 is 1.20 bits per heavy atom. The van der Waals surface area contributed by atoms with Crippen LogP contribution < -0.4 is 11.1 Å². The molecule has 2 aromatic carbocycles. The minimum absolute atomic E-state index is 0.0324. The summed E-state index contributed by atoms with van der Waals surface area (Å²) in [6.07, 6.45) is 0. The van der Waals surface area contributed by atoms with Gasteiger partial charge >= 0.3 is 0 Å². The van der Waals surface area contributed by atoms with Crippen molar-refractivity contribution in [3.05, 3.63) is 57.0 Å². The van der Waals surface area contributed by atoms with E-state index in [0.717, 1.165) is 12.1 Å². The van der Waals surface area contributed by atoms with Crippen molar-refractivity contribution in [3.63, 3.8) is 0 Å². The van der Waals surface area contributed by atoms with Crippen LogP contribution in [0.3, 0.4) is 0 Å². The highest BCUT2D eigenvalue weighted by atomic mass is 79.9. The third-order valence-corrected chi connectivity index (χ3v) is 3.43. The minimum Gasteiger partial charge on any atom is -0.399 e. The van der Waals surface area contributed by atoms with Crippen LogP contribution in [0.15, 0.2) is 34.8 Å². The van der Waals surface area contributed by atoms with E-state index in [1.807, 2.05) is 0 Å². The Morgan fingerprint density at radius 2 is 1.90 bits per heavy atom. The molecule has 0 fully saturated rings. The van der Waals surface area contributed by atoms with Gasteiger partial charge in [0.15, 0.2) is 0 Å². The van der Waals surface area contributed by atoms with Gasteiger partial charge < -0.3 is 11.1 Å². The first kappa shape index (κ1) is 14.7. The third-order valence-electron chi connectivity index (χ3n) is 2.49. The zero-order chi connectivity index (χ0) is 14.9. The number of nitrogens with one attached hydrogen (secondary N) is 1. The summed E-state index contributed by atoms with van der Waals surface area (Å²) in [6.45, 7) is 0. The highest BCUT2D eigenvalue weighted by Crippen LogP contribution is 2.25. The van der Waals surface area contributed by atoms with Crippen molar-refractivity contribution in [2.45, 2.75) is 0 Å². The monoisotopic (exact) mass is 360 g/mol. The van der Waals surface area contributed by atoms with E-state index in [4.69, 9.17) is 17.3 Å². The lowest BCUT2D eigenvalue weighted by atomic mass is 10.2. The van der Waals surface area contributed by atoms with Gasteiger partial charge in [-0.05, 0) is 40.2 Å². The van der Waals surface area contributed by atoms with Gasteiger partial charge in [0.25, 0.3) is 5.91 Å². The van der Waals surface area contributed by atoms with Gasteiger partial charge in [-0.2, -0.15) is 0 Å². The SMILES string of the molecule is Nc1ccc(Cl)c(C(=O)Nc2cc(F)c(Br)cc2F)c1. The van der Waals surface area contributed by atoms with Gasteiger partial charge in [-0.25, -0.2) is 8.78 Å². The van der Waals surface area contributed by atoms with E-state index in [0.29, 0.717) is 5.69 Å². The van der Waals surface area contributed by atoms with Gasteiger partial charge in [-0.3, -0.25) is 4.79 Å². The van der Waals surface area contributed by atoms with Crippen LogP contribution in [0.1, 0.15) is 10.4 Å². The first-order chi connectivity index (χ1) is 9.38. The van der Waals surface area contributed by atoms with E-state index in [9.17, 15) is 13.6 Å². The Balaban J connectivity index is 2.32. The van der Waals surface area contributed by atoms with Crippen molar-refractivity contribution in [1.82, 2.24) is 0 Å². The highest BCUT2D eigenvalue weighted by molar-refractivity contribution is 9.10. The van der Waals surface area contributed by atoms with Crippen LogP contribution >= 0.6 is 27.5 Å². The summed E-state index contributed by atoms with van der Waals surface area (Å²) in [6, 6.07) is 6.12. The Bertz CT molecular complexity index is 694. The molecule has 0 atom stereocenters. The second-order valence-electron chi connectivity index (χ2n) is 3.94. The quantitative estimate of drug-likeness (QED) is 0.622. The predicted octanol–water partition coefficient (Wildman–Crippen LogP) is 4.22. The number of nitrogens with two attached hydrogens (primary N) is 1. The van der Waals surface area contributed by atoms with Gasteiger partial charge in [0, 0.05) is 11.8 Å². The number of nitrogen functional groups attached to an aromatic ring is 1. The summed E-state index contributed by atoms with van der Waals surface area (Å²) in [5.41, 5.74) is 5.68. The summed E-state index contributed by atoms with van der Waals surface area (Å²) in [7, 11) is 0. The van der Waals surface area contributed by atoms with Crippen LogP contribution in [-0.4, -0.2) is 5.91 Å². The number of benzene rings is 2. The normalized spacial score (nSPS) is 10.4. The number of carbonyl (C=O) groups excluding carboxylic acids is 1. The summed E-state index contributed by atoms with van der Waals surface area (Å²) in [5.74, 6) is -2.14. The predicted molar refractivity (Wildman–Crippen MR) is 77.9 cm³/mol. The molecule has 0 aromatic heterocycles. The molecule has 2 aromatic rings. The number of halogens is 4. The van der Waals surface area contributed by atoms with Crippen molar-refractivity contribution in [3.8, 4) is 0 Å². The average Bonchev–Trinajstić information content (AvgIpc) is 2.38. The van der Waals surface area contributed by atoms with Crippen molar-refractivity contribution in [2.75, 3.05) is 11.1 Å². The van der Waals surface area contributed by atoms with Crippen LogP contribution in [-0.2, 0) is 0 Å². The maximum atomic E-state index is 13.6. The van der Waals surface area contributed by atoms with E-state index in [1.54, 1.807) is 0 Å². The molecule has 0 bridgehead atoms. The third kappa shape index (κ3) is 3.08. The molecule has 0 aliphatic heterocycles. The maximum Gasteiger partial charge on any atom is 0.257 e. The second-order valence-corrected chi connectivity index (χ2v) is 5.20. The Labute approximate surface area is 126 Å². The largest absolute Gasteiger partial charge is 0.399 e. The van der Waals surface area contributed by atoms with Gasteiger partial charge in [-0.15, -0.1) is 0 Å². The van der Waals surface area contributed by atoms with Crippen molar-refractivity contribution < 1.29 is 13.6 Å². The molecule has 1 amide bonds. The highest BCUT2D eigenvalue weighted by Gasteiger charge is 2.15. The molecule has 0 aliphatic rings. The Morgan fingerprint density at radius 3 is 2.60 bits per heavy atom. The fourth-order valence-corrected chi connectivity index (χ4v) is 2.04. The lowest BCUT2D eigenvalue weighted by Gasteiger charge is -2.09. The van der Waals surface area contributed by atoms with Gasteiger partial charge in [0.2, 0.25) is 0 Å². The fraction of sp³-hybridized carbons (Fsp3) is 0. The van der Waals surface area contributed by atoms with E-state index in [1.165, 1.54) is 18.2 Å². The summed E-state index contributed by atoms with van der Waals surface area (Å²) in [4.78, 5) is 12.0. The zero-order valence-electron chi connectivity index (χ0n) is 9.88. The first-order valence-electron chi connectivity index (χ1n) is 5.39. The lowest BCUT2D eigenvalue weighted by molar-refractivity contribution is 0.102. The number of carbonyl (C=O) groups is 1. The van der Waals surface area contributed by atoms with Crippen molar-refractivity contribution >= 4 is 44.8 Å². The molecule has 7 heteroatoms. The topological polar surface area (TPSA) is 55.1 Å². The fourth-order valence-electron chi connectivity index (χ4n) is 1.52. The Kier molecular flexibility index (Phi) is 4.25. The van der Waals surface area contributed by atoms with Gasteiger partial charge in [0.05, 0.1) is 20.7 Å². The van der Waals surface area contributed by atoms with Gasteiger partial charge in [0.1, 0.15) is 11.6 Å². The van der Waals surface area contributed by atoms with Crippen molar-refractivity contribution in [1.29, 1.82) is 0 Å². The summed E-state index contributed by atoms with van der Waals surface area (Å²) < 4.78 is 26.9. The zero-order valence-corrected chi connectivity index (χ0v) is 12.2. The molecule has 0 saturated carbocycles. The molecular formula is C13H8BrClF2N2O. The first-order valence-corrected chi connectivity index (χ1v) is 6.56. The number of rotatable bonds is 2. The van der Waals surface area contributed by atoms with Crippen molar-refractivity contribution in [2.24, 2.45) is 0 Å². The number of amides is 1. The number of hydrogen-bond donors (Lipinski definition) is 2. The van der Waals surface area contributed by atoms with E-state index in [2.05, 4.69) is 21.2 Å². The number of hydrogen-bond acceptors (Lipinski definition) is 2. The smallest absolute Gasteiger partial charge is 0.257 e. The van der Waals surface area contributed by atoms with E-state index in [-0.39, 0.29) is 20.7 Å². The molecule has 0 radical (unpaired) electrons. The van der Waals surface area contributed by atoms with Crippen LogP contribution in [0.5, 0.6) is 0 Å². The van der Waals surface area contributed by atoms with Crippen LogP contribution in [0, 0.1) is 11.6 Å². The average molecular weight is 362 g/mol. The molecule has 0 unspecified atom stereocenters. The van der Waals surface area contributed by atoms with E-state index < -0.39 is 17.5 Å². The molecular weight excluding hydrogens is 354 g/mol. The second kappa shape index (κ2) is 5.76. The molecule has 104 valence electrons. The standard InChI is InChI=1S/C13H8BrClF2N2O/c14-8-4-11(17)12(5-10(8)16)19-13(20)7-3-6(18)1-2-9(7)15/h1-5H,18H2,(H,19,20). The molecule has 0 heterocycles.